The van der Waals surface area contributed by atoms with E-state index in [4.69, 9.17) is 0 Å². The molecule has 0 saturated carbocycles. The molecule has 0 bridgehead atoms. The molecule has 4 aromatic rings. The fourth-order valence-electron chi connectivity index (χ4n) is 2.59. The number of nitrogens with zero attached hydrogens (tertiary/aromatic N) is 3. The molecule has 0 aliphatic carbocycles. The van der Waals surface area contributed by atoms with Crippen molar-refractivity contribution >= 4 is 10.9 Å². The van der Waals surface area contributed by atoms with E-state index in [-0.39, 0.29) is 0 Å². The third-order valence-corrected chi connectivity index (χ3v) is 3.65. The predicted octanol–water partition coefficient (Wildman–Crippen LogP) is 3.63. The molecule has 2 aromatic carbocycles. The number of hydrogen-bond acceptors (Lipinski definition) is 2. The summed E-state index contributed by atoms with van der Waals surface area (Å²) in [6, 6.07) is 16.7. The van der Waals surface area contributed by atoms with Gasteiger partial charge in [-0.05, 0) is 23.3 Å². The van der Waals surface area contributed by atoms with Crippen molar-refractivity contribution in [2.75, 3.05) is 0 Å². The largest absolute Gasteiger partial charge is 0.277 e. The smallest absolute Gasteiger partial charge is 0.103 e. The van der Waals surface area contributed by atoms with Crippen LogP contribution in [0.1, 0.15) is 0 Å². The summed E-state index contributed by atoms with van der Waals surface area (Å²) in [5, 5.41) is 12.9. The molecular formula is C17H14N4. The summed E-state index contributed by atoms with van der Waals surface area (Å²) >= 11 is 0. The zero-order chi connectivity index (χ0) is 14.2. The van der Waals surface area contributed by atoms with Crippen molar-refractivity contribution < 1.29 is 0 Å². The standard InChI is InChI=1S/C17H14N4/c1-21-11-14(10-18-21)17-15-9-13(7-8-16(15)19-20-17)12-5-3-2-4-6-12/h2-11H,1H3,(H,19,20). The van der Waals surface area contributed by atoms with E-state index in [0.717, 1.165) is 22.2 Å². The number of benzene rings is 2. The Hall–Kier alpha value is -2.88. The van der Waals surface area contributed by atoms with Crippen LogP contribution >= 0.6 is 0 Å². The van der Waals surface area contributed by atoms with Crippen LogP contribution in [0.15, 0.2) is 60.9 Å². The normalized spacial score (nSPS) is 11.1. The minimum atomic E-state index is 0.941. The molecule has 0 aliphatic rings. The van der Waals surface area contributed by atoms with Crippen molar-refractivity contribution in [2.45, 2.75) is 0 Å². The molecule has 0 spiro atoms. The number of aromatic amines is 1. The van der Waals surface area contributed by atoms with E-state index in [1.165, 1.54) is 11.1 Å². The number of aryl methyl sites for hydroxylation is 1. The molecule has 0 amide bonds. The van der Waals surface area contributed by atoms with E-state index in [1.54, 1.807) is 4.68 Å². The van der Waals surface area contributed by atoms with Gasteiger partial charge in [-0.25, -0.2) is 0 Å². The number of nitrogens with one attached hydrogen (secondary N) is 1. The van der Waals surface area contributed by atoms with Gasteiger partial charge in [0.2, 0.25) is 0 Å². The first-order valence-corrected chi connectivity index (χ1v) is 6.84. The number of hydrogen-bond donors (Lipinski definition) is 1. The lowest BCUT2D eigenvalue weighted by atomic mass is 10.0. The van der Waals surface area contributed by atoms with Gasteiger partial charge >= 0.3 is 0 Å². The molecular weight excluding hydrogens is 260 g/mol. The third-order valence-electron chi connectivity index (χ3n) is 3.65. The lowest BCUT2D eigenvalue weighted by molar-refractivity contribution is 0.768. The Labute approximate surface area is 122 Å². The number of fused-ring (bicyclic) bond motifs is 1. The van der Waals surface area contributed by atoms with Crippen LogP contribution in [0.25, 0.3) is 33.3 Å². The average Bonchev–Trinajstić information content (AvgIpc) is 3.13. The van der Waals surface area contributed by atoms with Crippen LogP contribution in [0.5, 0.6) is 0 Å². The van der Waals surface area contributed by atoms with Gasteiger partial charge in [0.25, 0.3) is 0 Å². The Bertz CT molecular complexity index is 903. The van der Waals surface area contributed by atoms with Gasteiger partial charge in [-0.1, -0.05) is 36.4 Å². The zero-order valence-corrected chi connectivity index (χ0v) is 11.6. The van der Waals surface area contributed by atoms with Gasteiger partial charge in [-0.2, -0.15) is 10.2 Å². The minimum absolute atomic E-state index is 0.941. The first-order valence-electron chi connectivity index (χ1n) is 6.84. The number of rotatable bonds is 2. The van der Waals surface area contributed by atoms with Crippen molar-refractivity contribution in [3.8, 4) is 22.4 Å². The van der Waals surface area contributed by atoms with E-state index in [0.29, 0.717) is 0 Å². The summed E-state index contributed by atoms with van der Waals surface area (Å²) < 4.78 is 1.79. The maximum Gasteiger partial charge on any atom is 0.103 e. The maximum atomic E-state index is 4.44. The highest BCUT2D eigenvalue weighted by Crippen LogP contribution is 2.30. The highest BCUT2D eigenvalue weighted by Gasteiger charge is 2.10. The summed E-state index contributed by atoms with van der Waals surface area (Å²) in [6.45, 7) is 0. The second kappa shape index (κ2) is 4.59. The molecule has 0 radical (unpaired) electrons. The molecule has 0 unspecified atom stereocenters. The van der Waals surface area contributed by atoms with Gasteiger partial charge in [-0.3, -0.25) is 9.78 Å². The highest BCUT2D eigenvalue weighted by molar-refractivity contribution is 5.95. The first-order chi connectivity index (χ1) is 10.3. The topological polar surface area (TPSA) is 46.5 Å². The van der Waals surface area contributed by atoms with Crippen molar-refractivity contribution in [2.24, 2.45) is 7.05 Å². The van der Waals surface area contributed by atoms with Gasteiger partial charge in [0.05, 0.1) is 11.7 Å². The second-order valence-corrected chi connectivity index (χ2v) is 5.10. The molecule has 0 saturated heterocycles. The Morgan fingerprint density at radius 1 is 0.952 bits per heavy atom. The first kappa shape index (κ1) is 11.9. The molecule has 2 aromatic heterocycles. The van der Waals surface area contributed by atoms with E-state index in [9.17, 15) is 0 Å². The van der Waals surface area contributed by atoms with Crippen LogP contribution in [0.3, 0.4) is 0 Å². The second-order valence-electron chi connectivity index (χ2n) is 5.10. The fraction of sp³-hybridized carbons (Fsp3) is 0.0588. The van der Waals surface area contributed by atoms with Gasteiger partial charge in [0.15, 0.2) is 0 Å². The van der Waals surface area contributed by atoms with Gasteiger partial charge in [0.1, 0.15) is 5.69 Å². The van der Waals surface area contributed by atoms with E-state index >= 15 is 0 Å². The number of aromatic nitrogens is 4. The van der Waals surface area contributed by atoms with Crippen LogP contribution in [0, 0.1) is 0 Å². The highest BCUT2D eigenvalue weighted by atomic mass is 15.2. The van der Waals surface area contributed by atoms with Crippen LogP contribution in [0.4, 0.5) is 0 Å². The molecule has 2 heterocycles. The molecule has 4 nitrogen and oxygen atoms in total. The summed E-state index contributed by atoms with van der Waals surface area (Å²) in [7, 11) is 1.91. The minimum Gasteiger partial charge on any atom is -0.277 e. The van der Waals surface area contributed by atoms with Crippen molar-refractivity contribution in [1.29, 1.82) is 0 Å². The van der Waals surface area contributed by atoms with Crippen LogP contribution < -0.4 is 0 Å². The predicted molar refractivity (Wildman–Crippen MR) is 83.7 cm³/mol. The van der Waals surface area contributed by atoms with Crippen LogP contribution in [-0.2, 0) is 7.05 Å². The summed E-state index contributed by atoms with van der Waals surface area (Å²) in [4.78, 5) is 0. The Morgan fingerprint density at radius 2 is 1.81 bits per heavy atom. The fourth-order valence-corrected chi connectivity index (χ4v) is 2.59. The number of H-pyrrole nitrogens is 1. The zero-order valence-electron chi connectivity index (χ0n) is 11.6. The average molecular weight is 274 g/mol. The van der Waals surface area contributed by atoms with Crippen LogP contribution in [-0.4, -0.2) is 20.0 Å². The SMILES string of the molecule is Cn1cc(-c2n[nH]c3ccc(-c4ccccc4)cc23)cn1. The molecule has 1 N–H and O–H groups in total. The lowest BCUT2D eigenvalue weighted by Gasteiger charge is -2.02. The third kappa shape index (κ3) is 2.01. The van der Waals surface area contributed by atoms with Crippen molar-refractivity contribution in [3.05, 3.63) is 60.9 Å². The molecule has 4 heteroatoms. The van der Waals surface area contributed by atoms with Gasteiger partial charge in [-0.15, -0.1) is 0 Å². The van der Waals surface area contributed by atoms with Crippen molar-refractivity contribution in [3.63, 3.8) is 0 Å². The van der Waals surface area contributed by atoms with E-state index in [2.05, 4.69) is 57.8 Å². The quantitative estimate of drug-likeness (QED) is 0.606. The van der Waals surface area contributed by atoms with E-state index in [1.807, 2.05) is 25.5 Å². The van der Waals surface area contributed by atoms with Crippen molar-refractivity contribution in [1.82, 2.24) is 20.0 Å². The summed E-state index contributed by atoms with van der Waals surface area (Å²) in [6.07, 6.45) is 3.82. The maximum absolute atomic E-state index is 4.44. The van der Waals surface area contributed by atoms with Gasteiger partial charge < -0.3 is 0 Å². The molecule has 21 heavy (non-hydrogen) atoms. The lowest BCUT2D eigenvalue weighted by Crippen LogP contribution is -1.84. The van der Waals surface area contributed by atoms with Crippen LogP contribution in [0.2, 0.25) is 0 Å². The summed E-state index contributed by atoms with van der Waals surface area (Å²) in [5.41, 5.74) is 5.39. The van der Waals surface area contributed by atoms with E-state index < -0.39 is 0 Å². The Balaban J connectivity index is 1.90. The molecule has 0 fully saturated rings. The van der Waals surface area contributed by atoms with Gasteiger partial charge in [0, 0.05) is 24.2 Å². The molecule has 4 rings (SSSR count). The monoisotopic (exact) mass is 274 g/mol. The molecule has 0 aliphatic heterocycles. The Kier molecular flexibility index (Phi) is 2.60. The summed E-state index contributed by atoms with van der Waals surface area (Å²) in [5.74, 6) is 0. The molecule has 0 atom stereocenters. The Morgan fingerprint density at radius 3 is 2.57 bits per heavy atom. The molecule has 102 valence electrons.